The topological polar surface area (TPSA) is 101 Å². The minimum absolute atomic E-state index is 0.279. The molecule has 0 bridgehead atoms. The monoisotopic (exact) mass is 334 g/mol. The van der Waals surface area contributed by atoms with Gasteiger partial charge in [-0.3, -0.25) is 9.69 Å². The lowest BCUT2D eigenvalue weighted by molar-refractivity contribution is -0.130. The summed E-state index contributed by atoms with van der Waals surface area (Å²) in [7, 11) is 0. The highest BCUT2D eigenvalue weighted by molar-refractivity contribution is 5.99. The van der Waals surface area contributed by atoms with Crippen LogP contribution in [0, 0.1) is 0 Å². The number of esters is 1. The van der Waals surface area contributed by atoms with E-state index in [0.717, 1.165) is 4.90 Å². The number of hydrogen-bond donors (Lipinski definition) is 1. The third-order valence-corrected chi connectivity index (χ3v) is 3.80. The summed E-state index contributed by atoms with van der Waals surface area (Å²) in [6.07, 6.45) is 1.60. The highest BCUT2D eigenvalue weighted by Gasteiger charge is 2.27. The van der Waals surface area contributed by atoms with Crippen molar-refractivity contribution in [3.63, 3.8) is 0 Å². The molecule has 2 fully saturated rings. The lowest BCUT2D eigenvalue weighted by atomic mass is 10.2. The molecule has 128 valence electrons. The van der Waals surface area contributed by atoms with Crippen LogP contribution in [-0.4, -0.2) is 73.8 Å². The average molecular weight is 334 g/mol. The first kappa shape index (κ1) is 16.2. The summed E-state index contributed by atoms with van der Waals surface area (Å²) in [5.41, 5.74) is 0.290. The van der Waals surface area contributed by atoms with Crippen molar-refractivity contribution >= 4 is 23.7 Å². The van der Waals surface area contributed by atoms with Crippen molar-refractivity contribution in [2.45, 2.75) is 0 Å². The number of amides is 3. The maximum atomic E-state index is 12.3. The summed E-state index contributed by atoms with van der Waals surface area (Å²) in [4.78, 5) is 42.9. The molecular weight excluding hydrogens is 316 g/mol. The van der Waals surface area contributed by atoms with Gasteiger partial charge in [0.1, 0.15) is 11.4 Å². The summed E-state index contributed by atoms with van der Waals surface area (Å²) < 4.78 is 10.4. The highest BCUT2D eigenvalue weighted by atomic mass is 16.5. The van der Waals surface area contributed by atoms with Crippen LogP contribution in [0.25, 0.3) is 0 Å². The number of carbonyl (C=O) groups excluding carboxylic acids is 3. The second kappa shape index (κ2) is 7.26. The molecule has 0 atom stereocenters. The SMILES string of the molecule is O=C(OCC(=O)N1CCNC1=O)c1cccnc1N1CCOCC1. The lowest BCUT2D eigenvalue weighted by Crippen LogP contribution is -2.38. The zero-order valence-corrected chi connectivity index (χ0v) is 13.1. The minimum atomic E-state index is -0.641. The van der Waals surface area contributed by atoms with Gasteiger partial charge in [-0.15, -0.1) is 0 Å². The first-order chi connectivity index (χ1) is 11.7. The molecule has 2 aliphatic rings. The highest BCUT2D eigenvalue weighted by Crippen LogP contribution is 2.19. The predicted octanol–water partition coefficient (Wildman–Crippen LogP) is -0.373. The summed E-state index contributed by atoms with van der Waals surface area (Å²) in [5, 5.41) is 2.52. The van der Waals surface area contributed by atoms with Gasteiger partial charge in [0.25, 0.3) is 5.91 Å². The lowest BCUT2D eigenvalue weighted by Gasteiger charge is -2.28. The van der Waals surface area contributed by atoms with E-state index in [1.807, 2.05) is 4.90 Å². The van der Waals surface area contributed by atoms with E-state index in [2.05, 4.69) is 10.3 Å². The molecule has 3 heterocycles. The first-order valence-corrected chi connectivity index (χ1v) is 7.70. The van der Waals surface area contributed by atoms with E-state index in [4.69, 9.17) is 9.47 Å². The van der Waals surface area contributed by atoms with Gasteiger partial charge in [-0.25, -0.2) is 14.6 Å². The molecule has 3 amide bonds. The number of aromatic nitrogens is 1. The Bertz CT molecular complexity index is 645. The van der Waals surface area contributed by atoms with Crippen molar-refractivity contribution in [1.82, 2.24) is 15.2 Å². The quantitative estimate of drug-likeness (QED) is 0.750. The van der Waals surface area contributed by atoms with E-state index in [0.29, 0.717) is 38.7 Å². The zero-order chi connectivity index (χ0) is 16.9. The number of nitrogens with zero attached hydrogens (tertiary/aromatic N) is 3. The summed E-state index contributed by atoms with van der Waals surface area (Å²) >= 11 is 0. The van der Waals surface area contributed by atoms with E-state index in [9.17, 15) is 14.4 Å². The Balaban J connectivity index is 1.64. The van der Waals surface area contributed by atoms with Crippen molar-refractivity contribution in [3.8, 4) is 0 Å². The van der Waals surface area contributed by atoms with Gasteiger partial charge in [-0.05, 0) is 12.1 Å². The van der Waals surface area contributed by atoms with Crippen LogP contribution < -0.4 is 10.2 Å². The van der Waals surface area contributed by atoms with Crippen LogP contribution in [0.2, 0.25) is 0 Å². The van der Waals surface area contributed by atoms with Crippen LogP contribution in [0.3, 0.4) is 0 Å². The Labute approximate surface area is 138 Å². The number of carbonyl (C=O) groups is 3. The van der Waals surface area contributed by atoms with Crippen molar-refractivity contribution in [2.75, 3.05) is 50.9 Å². The summed E-state index contributed by atoms with van der Waals surface area (Å²) in [6.45, 7) is 2.59. The van der Waals surface area contributed by atoms with E-state index in [-0.39, 0.29) is 12.1 Å². The fourth-order valence-electron chi connectivity index (χ4n) is 2.58. The molecule has 2 saturated heterocycles. The van der Waals surface area contributed by atoms with Crippen LogP contribution in [-0.2, 0) is 14.3 Å². The number of ether oxygens (including phenoxy) is 2. The normalized spacial score (nSPS) is 17.6. The Morgan fingerprint density at radius 1 is 1.29 bits per heavy atom. The standard InChI is InChI=1S/C15H18N4O5/c20-12(19-5-4-17-15(19)22)10-24-14(21)11-2-1-3-16-13(11)18-6-8-23-9-7-18/h1-3H,4-10H2,(H,17,22). The summed E-state index contributed by atoms with van der Waals surface area (Å²) in [6, 6.07) is 2.77. The minimum Gasteiger partial charge on any atom is -0.452 e. The molecule has 9 nitrogen and oxygen atoms in total. The van der Waals surface area contributed by atoms with Crippen LogP contribution in [0.1, 0.15) is 10.4 Å². The maximum Gasteiger partial charge on any atom is 0.342 e. The van der Waals surface area contributed by atoms with Crippen molar-refractivity contribution < 1.29 is 23.9 Å². The predicted molar refractivity (Wildman–Crippen MR) is 82.7 cm³/mol. The number of pyridine rings is 1. The molecule has 9 heteroatoms. The van der Waals surface area contributed by atoms with E-state index in [1.54, 1.807) is 18.3 Å². The van der Waals surface area contributed by atoms with Gasteiger partial charge in [0.05, 0.1) is 13.2 Å². The molecule has 0 aliphatic carbocycles. The molecule has 1 aromatic rings. The van der Waals surface area contributed by atoms with E-state index in [1.165, 1.54) is 0 Å². The van der Waals surface area contributed by atoms with Crippen LogP contribution in [0.4, 0.5) is 10.6 Å². The number of morpholine rings is 1. The van der Waals surface area contributed by atoms with E-state index < -0.39 is 24.5 Å². The Morgan fingerprint density at radius 3 is 2.79 bits per heavy atom. The van der Waals surface area contributed by atoms with Gasteiger partial charge in [-0.2, -0.15) is 0 Å². The largest absolute Gasteiger partial charge is 0.452 e. The number of imide groups is 1. The molecule has 0 unspecified atom stereocenters. The third-order valence-electron chi connectivity index (χ3n) is 3.80. The number of hydrogen-bond acceptors (Lipinski definition) is 7. The molecule has 0 spiro atoms. The van der Waals surface area contributed by atoms with Gasteiger partial charge >= 0.3 is 12.0 Å². The smallest absolute Gasteiger partial charge is 0.342 e. The molecule has 0 radical (unpaired) electrons. The van der Waals surface area contributed by atoms with Gasteiger partial charge in [0.15, 0.2) is 6.61 Å². The molecule has 3 rings (SSSR count). The number of nitrogens with one attached hydrogen (secondary N) is 1. The Kier molecular flexibility index (Phi) is 4.90. The maximum absolute atomic E-state index is 12.3. The second-order valence-electron chi connectivity index (χ2n) is 5.33. The van der Waals surface area contributed by atoms with E-state index >= 15 is 0 Å². The number of anilines is 1. The van der Waals surface area contributed by atoms with Gasteiger partial charge in [0.2, 0.25) is 0 Å². The first-order valence-electron chi connectivity index (χ1n) is 7.70. The molecule has 0 aromatic carbocycles. The van der Waals surface area contributed by atoms with Crippen molar-refractivity contribution in [2.24, 2.45) is 0 Å². The second-order valence-corrected chi connectivity index (χ2v) is 5.33. The molecule has 1 aromatic heterocycles. The van der Waals surface area contributed by atoms with Crippen LogP contribution in [0.15, 0.2) is 18.3 Å². The molecular formula is C15H18N4O5. The number of rotatable bonds is 4. The Hall–Kier alpha value is -2.68. The van der Waals surface area contributed by atoms with Crippen molar-refractivity contribution in [1.29, 1.82) is 0 Å². The molecule has 24 heavy (non-hydrogen) atoms. The molecule has 2 aliphatic heterocycles. The fraction of sp³-hybridized carbons (Fsp3) is 0.467. The number of urea groups is 1. The summed E-state index contributed by atoms with van der Waals surface area (Å²) in [5.74, 6) is -0.676. The Morgan fingerprint density at radius 2 is 2.08 bits per heavy atom. The van der Waals surface area contributed by atoms with Crippen LogP contribution in [0.5, 0.6) is 0 Å². The average Bonchev–Trinajstić information content (AvgIpc) is 3.06. The zero-order valence-electron chi connectivity index (χ0n) is 13.1. The molecule has 1 N–H and O–H groups in total. The van der Waals surface area contributed by atoms with Gasteiger partial charge < -0.3 is 19.7 Å². The fourth-order valence-corrected chi connectivity index (χ4v) is 2.58. The van der Waals surface area contributed by atoms with Crippen LogP contribution >= 0.6 is 0 Å². The van der Waals surface area contributed by atoms with Crippen molar-refractivity contribution in [3.05, 3.63) is 23.9 Å². The van der Waals surface area contributed by atoms with Gasteiger partial charge in [-0.1, -0.05) is 0 Å². The van der Waals surface area contributed by atoms with Gasteiger partial charge in [0, 0.05) is 32.4 Å². The molecule has 0 saturated carbocycles. The third kappa shape index (κ3) is 3.46.